The van der Waals surface area contributed by atoms with Crippen molar-refractivity contribution in [1.29, 1.82) is 0 Å². The van der Waals surface area contributed by atoms with Crippen LogP contribution in [0.25, 0.3) is 23.5 Å². The van der Waals surface area contributed by atoms with Gasteiger partial charge in [-0.25, -0.2) is 4.98 Å². The van der Waals surface area contributed by atoms with Crippen molar-refractivity contribution in [3.05, 3.63) is 53.9 Å². The average molecular weight is 222 g/mol. The zero-order valence-electron chi connectivity index (χ0n) is 9.80. The van der Waals surface area contributed by atoms with Crippen LogP contribution in [0.3, 0.4) is 0 Å². The minimum atomic E-state index is 0.983. The molecule has 0 spiro atoms. The Labute approximate surface area is 101 Å². The van der Waals surface area contributed by atoms with Crippen LogP contribution in [-0.2, 0) is 7.05 Å². The second kappa shape index (κ2) is 4.06. The Balaban J connectivity index is 2.18. The second-order valence-corrected chi connectivity index (χ2v) is 4.17. The van der Waals surface area contributed by atoms with E-state index in [-0.39, 0.29) is 0 Å². The molecular formula is C15H14N2. The normalized spacial score (nSPS) is 13.5. The van der Waals surface area contributed by atoms with E-state index in [1.54, 1.807) is 0 Å². The molecule has 1 aromatic heterocycles. The highest BCUT2D eigenvalue weighted by Gasteiger charge is 2.12. The Bertz CT molecular complexity index is 589. The minimum Gasteiger partial charge on any atom is -0.327 e. The first-order valence-electron chi connectivity index (χ1n) is 5.81. The molecule has 1 heterocycles. The number of allylic oxidation sites excluding steroid dienone is 2. The molecule has 84 valence electrons. The first kappa shape index (κ1) is 10.1. The summed E-state index contributed by atoms with van der Waals surface area (Å²) >= 11 is 0. The standard InChI is InChI=1S/C15H14N2/c1-17-14-11-7-3-6-10-13(14)16-15(17)12-8-4-2-5-9-12/h2,4-11H,3H2,1H3. The van der Waals surface area contributed by atoms with E-state index >= 15 is 0 Å². The fourth-order valence-corrected chi connectivity index (χ4v) is 2.14. The van der Waals surface area contributed by atoms with Gasteiger partial charge in [0.1, 0.15) is 5.82 Å². The maximum absolute atomic E-state index is 4.71. The summed E-state index contributed by atoms with van der Waals surface area (Å²) in [7, 11) is 2.07. The van der Waals surface area contributed by atoms with Crippen LogP contribution in [0, 0.1) is 0 Å². The summed E-state index contributed by atoms with van der Waals surface area (Å²) in [5.41, 5.74) is 3.39. The summed E-state index contributed by atoms with van der Waals surface area (Å²) < 4.78 is 2.15. The van der Waals surface area contributed by atoms with E-state index < -0.39 is 0 Å². The van der Waals surface area contributed by atoms with E-state index in [9.17, 15) is 0 Å². The monoisotopic (exact) mass is 222 g/mol. The van der Waals surface area contributed by atoms with Crippen LogP contribution >= 0.6 is 0 Å². The van der Waals surface area contributed by atoms with Gasteiger partial charge < -0.3 is 4.57 Å². The molecule has 2 aromatic rings. The van der Waals surface area contributed by atoms with Crippen molar-refractivity contribution in [3.8, 4) is 11.4 Å². The summed E-state index contributed by atoms with van der Waals surface area (Å²) in [6.07, 6.45) is 9.54. The van der Waals surface area contributed by atoms with Gasteiger partial charge in [0.25, 0.3) is 0 Å². The molecule has 0 N–H and O–H groups in total. The van der Waals surface area contributed by atoms with Crippen LogP contribution in [-0.4, -0.2) is 9.55 Å². The van der Waals surface area contributed by atoms with E-state index in [1.807, 2.05) is 18.2 Å². The van der Waals surface area contributed by atoms with Crippen LogP contribution < -0.4 is 0 Å². The van der Waals surface area contributed by atoms with Crippen LogP contribution in [0.2, 0.25) is 0 Å². The molecule has 0 saturated heterocycles. The zero-order chi connectivity index (χ0) is 11.7. The summed E-state index contributed by atoms with van der Waals surface area (Å²) in [4.78, 5) is 4.71. The predicted molar refractivity (Wildman–Crippen MR) is 71.3 cm³/mol. The van der Waals surface area contributed by atoms with Gasteiger partial charge in [0.2, 0.25) is 0 Å². The molecule has 0 unspecified atom stereocenters. The van der Waals surface area contributed by atoms with Crippen LogP contribution in [0.4, 0.5) is 0 Å². The van der Waals surface area contributed by atoms with Gasteiger partial charge in [-0.15, -0.1) is 0 Å². The highest BCUT2D eigenvalue weighted by atomic mass is 15.1. The van der Waals surface area contributed by atoms with Gasteiger partial charge in [-0.2, -0.15) is 0 Å². The number of hydrogen-bond donors (Lipinski definition) is 0. The van der Waals surface area contributed by atoms with Gasteiger partial charge in [-0.05, 0) is 18.6 Å². The second-order valence-electron chi connectivity index (χ2n) is 4.17. The molecule has 1 aromatic carbocycles. The molecule has 0 amide bonds. The Morgan fingerprint density at radius 1 is 1.06 bits per heavy atom. The van der Waals surface area contributed by atoms with Crippen molar-refractivity contribution < 1.29 is 0 Å². The average Bonchev–Trinajstić information content (AvgIpc) is 2.56. The lowest BCUT2D eigenvalue weighted by Crippen LogP contribution is -1.94. The van der Waals surface area contributed by atoms with Crippen molar-refractivity contribution in [3.63, 3.8) is 0 Å². The van der Waals surface area contributed by atoms with Crippen molar-refractivity contribution in [2.75, 3.05) is 0 Å². The molecule has 0 radical (unpaired) electrons. The van der Waals surface area contributed by atoms with E-state index in [0.29, 0.717) is 0 Å². The van der Waals surface area contributed by atoms with Gasteiger partial charge >= 0.3 is 0 Å². The lowest BCUT2D eigenvalue weighted by Gasteiger charge is -2.02. The molecule has 17 heavy (non-hydrogen) atoms. The van der Waals surface area contributed by atoms with Gasteiger partial charge in [-0.1, -0.05) is 42.5 Å². The highest BCUT2D eigenvalue weighted by molar-refractivity contribution is 5.68. The summed E-state index contributed by atoms with van der Waals surface area (Å²) in [6, 6.07) is 10.3. The third-order valence-corrected chi connectivity index (χ3v) is 3.02. The minimum absolute atomic E-state index is 0.983. The number of nitrogens with zero attached hydrogens (tertiary/aromatic N) is 2. The Kier molecular flexibility index (Phi) is 2.41. The number of hydrogen-bond acceptors (Lipinski definition) is 1. The van der Waals surface area contributed by atoms with Crippen LogP contribution in [0.5, 0.6) is 0 Å². The number of rotatable bonds is 1. The number of imidazole rings is 1. The molecule has 3 rings (SSSR count). The lowest BCUT2D eigenvalue weighted by atomic mass is 10.2. The van der Waals surface area contributed by atoms with E-state index in [0.717, 1.165) is 23.5 Å². The third-order valence-electron chi connectivity index (χ3n) is 3.02. The molecule has 2 heteroatoms. The number of fused-ring (bicyclic) bond motifs is 1. The Morgan fingerprint density at radius 3 is 2.65 bits per heavy atom. The Hall–Kier alpha value is -2.09. The van der Waals surface area contributed by atoms with Gasteiger partial charge in [0.05, 0.1) is 11.4 Å². The van der Waals surface area contributed by atoms with Crippen molar-refractivity contribution >= 4 is 12.2 Å². The molecule has 0 saturated carbocycles. The molecule has 1 aliphatic carbocycles. The fourth-order valence-electron chi connectivity index (χ4n) is 2.14. The third kappa shape index (κ3) is 1.72. The van der Waals surface area contributed by atoms with Crippen LogP contribution in [0.15, 0.2) is 42.5 Å². The maximum atomic E-state index is 4.71. The van der Waals surface area contributed by atoms with Gasteiger partial charge in [-0.3, -0.25) is 0 Å². The molecule has 0 aliphatic heterocycles. The maximum Gasteiger partial charge on any atom is 0.140 e. The highest BCUT2D eigenvalue weighted by Crippen LogP contribution is 2.24. The smallest absolute Gasteiger partial charge is 0.140 e. The van der Waals surface area contributed by atoms with E-state index in [1.165, 1.54) is 5.69 Å². The largest absolute Gasteiger partial charge is 0.327 e. The zero-order valence-corrected chi connectivity index (χ0v) is 9.80. The van der Waals surface area contributed by atoms with Crippen molar-refractivity contribution in [1.82, 2.24) is 9.55 Å². The summed E-state index contributed by atoms with van der Waals surface area (Å²) in [6.45, 7) is 0. The first-order chi connectivity index (χ1) is 8.36. The van der Waals surface area contributed by atoms with Crippen molar-refractivity contribution in [2.45, 2.75) is 6.42 Å². The molecule has 0 bridgehead atoms. The number of benzene rings is 1. The van der Waals surface area contributed by atoms with Crippen LogP contribution in [0.1, 0.15) is 17.8 Å². The topological polar surface area (TPSA) is 17.8 Å². The summed E-state index contributed by atoms with van der Waals surface area (Å²) in [5, 5.41) is 0. The van der Waals surface area contributed by atoms with Crippen molar-refractivity contribution in [2.24, 2.45) is 7.05 Å². The van der Waals surface area contributed by atoms with Gasteiger partial charge in [0.15, 0.2) is 0 Å². The molecule has 1 aliphatic rings. The molecule has 0 atom stereocenters. The van der Waals surface area contributed by atoms with E-state index in [2.05, 4.69) is 48.1 Å². The molecule has 2 nitrogen and oxygen atoms in total. The first-order valence-corrected chi connectivity index (χ1v) is 5.81. The fraction of sp³-hybridized carbons (Fsp3) is 0.133. The van der Waals surface area contributed by atoms with Gasteiger partial charge in [0, 0.05) is 12.6 Å². The number of aromatic nitrogens is 2. The predicted octanol–water partition coefficient (Wildman–Crippen LogP) is 3.52. The Morgan fingerprint density at radius 2 is 1.82 bits per heavy atom. The molecular weight excluding hydrogens is 208 g/mol. The lowest BCUT2D eigenvalue weighted by molar-refractivity contribution is 0.913. The van der Waals surface area contributed by atoms with E-state index in [4.69, 9.17) is 4.98 Å². The molecule has 0 fully saturated rings. The summed E-state index contributed by atoms with van der Waals surface area (Å²) in [5.74, 6) is 1.02. The SMILES string of the molecule is Cn1c(-c2ccccc2)nc2c1C=CCC=C2. The quantitative estimate of drug-likeness (QED) is 0.722.